The Morgan fingerprint density at radius 2 is 1.44 bits per heavy atom. The number of amides is 3. The molecular weight excluding hydrogens is 590 g/mol. The number of alkyl halides is 6. The van der Waals surface area contributed by atoms with Gasteiger partial charge < -0.3 is 42.6 Å². The molecule has 0 spiro atoms. The third kappa shape index (κ3) is 11.3. The highest BCUT2D eigenvalue weighted by atomic mass is 19.4. The minimum absolute atomic E-state index is 0.118. The van der Waals surface area contributed by atoms with E-state index >= 15 is 0 Å². The molecule has 0 aromatic heterocycles. The average Bonchev–Trinajstić information content (AvgIpc) is 2.93. The van der Waals surface area contributed by atoms with Crippen LogP contribution in [0.3, 0.4) is 0 Å². The Balaban J connectivity index is 2.22. The number of benzene rings is 2. The van der Waals surface area contributed by atoms with E-state index in [4.69, 9.17) is 17.2 Å². The second kappa shape index (κ2) is 15.5. The van der Waals surface area contributed by atoms with Gasteiger partial charge in [-0.2, -0.15) is 13.2 Å². The average molecular weight is 623 g/mol. The summed E-state index contributed by atoms with van der Waals surface area (Å²) in [6, 6.07) is 4.32. The van der Waals surface area contributed by atoms with Crippen LogP contribution in [-0.4, -0.2) is 72.4 Å². The lowest BCUT2D eigenvalue weighted by atomic mass is 9.99. The predicted molar refractivity (Wildman–Crippen MR) is 141 cm³/mol. The zero-order chi connectivity index (χ0) is 32.4. The van der Waals surface area contributed by atoms with Gasteiger partial charge in [0.05, 0.1) is 18.0 Å². The van der Waals surface area contributed by atoms with E-state index in [0.29, 0.717) is 17.7 Å². The summed E-state index contributed by atoms with van der Waals surface area (Å²) in [6.07, 6.45) is -12.0. The number of hydrogen-bond acceptors (Lipinski definition) is 8. The molecule has 238 valence electrons. The zero-order valence-corrected chi connectivity index (χ0v) is 22.6. The number of nitrogens with one attached hydrogen (secondary N) is 2. The van der Waals surface area contributed by atoms with Gasteiger partial charge in [-0.3, -0.25) is 14.4 Å². The maximum Gasteiger partial charge on any atom is 0.573 e. The van der Waals surface area contributed by atoms with Gasteiger partial charge in [-0.05, 0) is 35.4 Å². The van der Waals surface area contributed by atoms with Gasteiger partial charge in [0.1, 0.15) is 17.9 Å². The fourth-order valence-corrected chi connectivity index (χ4v) is 3.80. The molecule has 2 aromatic carbocycles. The van der Waals surface area contributed by atoms with E-state index in [9.17, 15) is 45.8 Å². The van der Waals surface area contributed by atoms with Gasteiger partial charge in [0.25, 0.3) is 0 Å². The van der Waals surface area contributed by atoms with Crippen molar-refractivity contribution in [1.29, 1.82) is 0 Å². The molecule has 0 aliphatic carbocycles. The highest BCUT2D eigenvalue weighted by Gasteiger charge is 2.34. The smallest absolute Gasteiger partial charge is 0.406 e. The number of rotatable bonds is 14. The highest BCUT2D eigenvalue weighted by Crippen LogP contribution is 2.30. The van der Waals surface area contributed by atoms with Gasteiger partial charge in [0.2, 0.25) is 17.7 Å². The van der Waals surface area contributed by atoms with Crippen LogP contribution in [0.1, 0.15) is 29.2 Å². The number of hydrogen-bond donors (Lipinski definition) is 6. The Morgan fingerprint density at radius 3 is 1.93 bits per heavy atom. The fraction of sp³-hybridized carbons (Fsp3) is 0.423. The first-order chi connectivity index (χ1) is 20.1. The summed E-state index contributed by atoms with van der Waals surface area (Å²) in [7, 11) is 0. The molecular formula is C26H32F6N6O5. The molecule has 0 heterocycles. The van der Waals surface area contributed by atoms with Crippen molar-refractivity contribution in [3.63, 3.8) is 0 Å². The summed E-state index contributed by atoms with van der Waals surface area (Å²) in [4.78, 5) is 39.8. The van der Waals surface area contributed by atoms with E-state index in [1.54, 1.807) is 0 Å². The molecule has 2 aromatic rings. The molecule has 0 unspecified atom stereocenters. The first kappa shape index (κ1) is 35.3. The second-order valence-corrected chi connectivity index (χ2v) is 9.23. The van der Waals surface area contributed by atoms with Crippen molar-refractivity contribution in [1.82, 2.24) is 15.5 Å². The van der Waals surface area contributed by atoms with Crippen LogP contribution in [0.25, 0.3) is 0 Å². The van der Waals surface area contributed by atoms with Gasteiger partial charge in [-0.1, -0.05) is 24.3 Å². The number of carbonyl (C=O) groups is 3. The molecule has 43 heavy (non-hydrogen) atoms. The molecule has 9 N–H and O–H groups in total. The van der Waals surface area contributed by atoms with Gasteiger partial charge in [0, 0.05) is 32.7 Å². The number of halogens is 6. The SMILES string of the molecule is NCCN(CCN)C(=O)C[C@H](N)C(=O)N[C@H](C(=O)NCc1ccc(OC(F)(F)F)cc1)[C@H](O)c1ccc(C(F)(F)F)cc1. The third-order valence-corrected chi connectivity index (χ3v) is 5.98. The molecule has 0 saturated carbocycles. The number of nitrogens with two attached hydrogens (primary N) is 3. The molecule has 0 saturated heterocycles. The molecule has 0 fully saturated rings. The van der Waals surface area contributed by atoms with Gasteiger partial charge in [-0.25, -0.2) is 0 Å². The molecule has 3 atom stereocenters. The fourth-order valence-electron chi connectivity index (χ4n) is 3.80. The molecule has 2 rings (SSSR count). The Hall–Kier alpha value is -3.93. The van der Waals surface area contributed by atoms with E-state index < -0.39 is 66.2 Å². The topological polar surface area (TPSA) is 186 Å². The van der Waals surface area contributed by atoms with Crippen LogP contribution < -0.4 is 32.6 Å². The summed E-state index contributed by atoms with van der Waals surface area (Å²) in [5.41, 5.74) is 16.0. The van der Waals surface area contributed by atoms with E-state index in [2.05, 4.69) is 15.4 Å². The molecule has 0 radical (unpaired) electrons. The van der Waals surface area contributed by atoms with Crippen LogP contribution in [-0.2, 0) is 27.1 Å². The number of nitrogens with zero attached hydrogens (tertiary/aromatic N) is 1. The highest BCUT2D eigenvalue weighted by molar-refractivity contribution is 5.92. The minimum atomic E-state index is -4.91. The van der Waals surface area contributed by atoms with Crippen molar-refractivity contribution >= 4 is 17.7 Å². The monoisotopic (exact) mass is 622 g/mol. The zero-order valence-electron chi connectivity index (χ0n) is 22.6. The maximum atomic E-state index is 13.1. The third-order valence-electron chi connectivity index (χ3n) is 5.98. The summed E-state index contributed by atoms with van der Waals surface area (Å²) in [5, 5.41) is 15.5. The Kier molecular flexibility index (Phi) is 12.7. The van der Waals surface area contributed by atoms with Crippen LogP contribution in [0.5, 0.6) is 5.75 Å². The molecule has 0 aliphatic heterocycles. The summed E-state index contributed by atoms with van der Waals surface area (Å²) in [6.45, 7) is 0.241. The summed E-state index contributed by atoms with van der Waals surface area (Å²) < 4.78 is 79.9. The number of carbonyl (C=O) groups excluding carboxylic acids is 3. The molecule has 0 aliphatic rings. The van der Waals surface area contributed by atoms with Crippen molar-refractivity contribution in [3.8, 4) is 5.75 Å². The van der Waals surface area contributed by atoms with Gasteiger partial charge in [-0.15, -0.1) is 13.2 Å². The normalized spacial score (nSPS) is 13.9. The predicted octanol–water partition coefficient (Wildman–Crippen LogP) is 0.902. The first-order valence-corrected chi connectivity index (χ1v) is 12.8. The van der Waals surface area contributed by atoms with E-state index in [1.807, 2.05) is 0 Å². The van der Waals surface area contributed by atoms with E-state index in [-0.39, 0.29) is 38.3 Å². The number of aliphatic hydroxyl groups is 1. The maximum absolute atomic E-state index is 13.1. The van der Waals surface area contributed by atoms with Crippen molar-refractivity contribution < 1.29 is 50.6 Å². The van der Waals surface area contributed by atoms with Crippen LogP contribution in [0.2, 0.25) is 0 Å². The number of ether oxygens (including phenoxy) is 1. The van der Waals surface area contributed by atoms with Crippen molar-refractivity contribution in [2.75, 3.05) is 26.2 Å². The van der Waals surface area contributed by atoms with Crippen LogP contribution in [0.4, 0.5) is 26.3 Å². The van der Waals surface area contributed by atoms with E-state index in [1.165, 1.54) is 17.0 Å². The summed E-state index contributed by atoms with van der Waals surface area (Å²) in [5.74, 6) is -3.11. The molecule has 11 nitrogen and oxygen atoms in total. The quantitative estimate of drug-likeness (QED) is 0.168. The number of aliphatic hydroxyl groups excluding tert-OH is 1. The Bertz CT molecular complexity index is 1200. The van der Waals surface area contributed by atoms with Crippen molar-refractivity contribution in [3.05, 3.63) is 65.2 Å². The Morgan fingerprint density at radius 1 is 0.884 bits per heavy atom. The standard InChI is InChI=1S/C26H32F6N6O5/c27-25(28,29)17-5-3-16(4-6-17)22(40)21(37-23(41)19(35)13-20(39)38(11-9-33)12-10-34)24(42)36-14-15-1-7-18(8-2-15)43-26(30,31)32/h1-8,19,21-22,40H,9-14,33-35H2,(H,36,42)(H,37,41)/t19-,21-,22+/m0/s1. The minimum Gasteiger partial charge on any atom is -0.406 e. The van der Waals surface area contributed by atoms with Crippen LogP contribution >= 0.6 is 0 Å². The van der Waals surface area contributed by atoms with Gasteiger partial charge in [0.15, 0.2) is 0 Å². The van der Waals surface area contributed by atoms with Gasteiger partial charge >= 0.3 is 12.5 Å². The largest absolute Gasteiger partial charge is 0.573 e. The second-order valence-electron chi connectivity index (χ2n) is 9.23. The lowest BCUT2D eigenvalue weighted by Crippen LogP contribution is -2.55. The van der Waals surface area contributed by atoms with Crippen molar-refractivity contribution in [2.45, 2.75) is 43.7 Å². The van der Waals surface area contributed by atoms with Crippen LogP contribution in [0.15, 0.2) is 48.5 Å². The molecule has 17 heteroatoms. The molecule has 3 amide bonds. The molecule has 0 bridgehead atoms. The van der Waals surface area contributed by atoms with Crippen molar-refractivity contribution in [2.24, 2.45) is 17.2 Å². The Labute approximate surface area is 242 Å². The lowest BCUT2D eigenvalue weighted by Gasteiger charge is -2.26. The lowest BCUT2D eigenvalue weighted by molar-refractivity contribution is -0.274. The summed E-state index contributed by atoms with van der Waals surface area (Å²) >= 11 is 0. The first-order valence-electron chi connectivity index (χ1n) is 12.8. The van der Waals surface area contributed by atoms with E-state index in [0.717, 1.165) is 24.3 Å². The van der Waals surface area contributed by atoms with Crippen LogP contribution in [0, 0.1) is 0 Å².